The maximum atomic E-state index is 5.51. The predicted octanol–water partition coefficient (Wildman–Crippen LogP) is 3.38. The van der Waals surface area contributed by atoms with E-state index >= 15 is 0 Å². The van der Waals surface area contributed by atoms with Crippen molar-refractivity contribution < 1.29 is 29.3 Å². The number of hydrogen-bond donors (Lipinski definition) is 0. The molecule has 0 aromatic heterocycles. The van der Waals surface area contributed by atoms with Crippen LogP contribution in [0.15, 0.2) is 21.7 Å². The number of rotatable bonds is 6. The van der Waals surface area contributed by atoms with E-state index in [4.69, 9.17) is 13.3 Å². The second-order valence-corrected chi connectivity index (χ2v) is 18.9. The van der Waals surface area contributed by atoms with Gasteiger partial charge in [-0.05, 0) is 0 Å². The molecule has 1 aliphatic rings. The molecule has 17 heavy (non-hydrogen) atoms. The molecule has 0 fully saturated rings. The summed E-state index contributed by atoms with van der Waals surface area (Å²) in [5.41, 5.74) is 1.39. The van der Waals surface area contributed by atoms with E-state index < -0.39 is 24.9 Å². The Balaban J connectivity index is 2.96. The molecule has 0 bridgehead atoms. The van der Waals surface area contributed by atoms with Crippen LogP contribution in [0.25, 0.3) is 0 Å². The molecule has 0 heterocycles. The van der Waals surface area contributed by atoms with Gasteiger partial charge in [0.25, 0.3) is 0 Å². The molecule has 1 aliphatic carbocycles. The van der Waals surface area contributed by atoms with Gasteiger partial charge in [-0.25, -0.2) is 0 Å². The second kappa shape index (κ2) is 5.94. The van der Waals surface area contributed by atoms with Crippen molar-refractivity contribution in [3.05, 3.63) is 21.7 Å². The Morgan fingerprint density at radius 3 is 2.06 bits per heavy atom. The Kier molecular flexibility index (Phi) is 5.35. The van der Waals surface area contributed by atoms with Crippen LogP contribution in [0.2, 0.25) is 22.0 Å². The third-order valence-electron chi connectivity index (χ3n) is 2.84. The van der Waals surface area contributed by atoms with Gasteiger partial charge in [0.1, 0.15) is 0 Å². The van der Waals surface area contributed by atoms with Gasteiger partial charge < -0.3 is 0 Å². The molecule has 0 spiro atoms. The van der Waals surface area contributed by atoms with Crippen LogP contribution >= 0.6 is 0 Å². The van der Waals surface area contributed by atoms with Crippen LogP contribution in [0.1, 0.15) is 6.42 Å². The molecule has 0 saturated heterocycles. The molecule has 0 radical (unpaired) electrons. The van der Waals surface area contributed by atoms with Crippen LogP contribution in [0.3, 0.4) is 0 Å². The number of hydrogen-bond acceptors (Lipinski definition) is 3. The van der Waals surface area contributed by atoms with E-state index in [0.29, 0.717) is 0 Å². The molecule has 0 amide bonds. The van der Waals surface area contributed by atoms with Gasteiger partial charge in [-0.1, -0.05) is 0 Å². The van der Waals surface area contributed by atoms with Crippen LogP contribution in [0, 0.1) is 0 Å². The summed E-state index contributed by atoms with van der Waals surface area (Å²) in [6.45, 7) is 0. The van der Waals surface area contributed by atoms with Crippen molar-refractivity contribution in [2.24, 2.45) is 0 Å². The fourth-order valence-corrected chi connectivity index (χ4v) is 8.20. The molecular weight excluding hydrogens is 415 g/mol. The van der Waals surface area contributed by atoms with Crippen molar-refractivity contribution in [1.29, 1.82) is 0 Å². The maximum absolute atomic E-state index is 5.51. The van der Waals surface area contributed by atoms with Gasteiger partial charge in [0, 0.05) is 0 Å². The van der Waals surface area contributed by atoms with Gasteiger partial charge in [0.05, 0.1) is 0 Å². The van der Waals surface area contributed by atoms with Crippen LogP contribution < -0.4 is 0 Å². The zero-order valence-electron chi connectivity index (χ0n) is 11.6. The first-order valence-electron chi connectivity index (χ1n) is 5.28. The standard InChI is InChI=1S/C9H15O3Si.3CH3.Pt/c1-10-13(11-2,12-3)8-9-6-4-5-7-9;;;;/h4,6H,5,8H2,1-3H3;3*1H3;. The molecule has 1 rings (SSSR count). The third-order valence-corrected chi connectivity index (χ3v) is 10.8. The van der Waals surface area contributed by atoms with Gasteiger partial charge in [0.15, 0.2) is 0 Å². The fraction of sp³-hybridized carbons (Fsp3) is 0.667. The molecule has 0 N–H and O–H groups in total. The quantitative estimate of drug-likeness (QED) is 0.594. The van der Waals surface area contributed by atoms with Crippen molar-refractivity contribution in [2.75, 3.05) is 21.3 Å². The second-order valence-electron chi connectivity index (χ2n) is 4.39. The summed E-state index contributed by atoms with van der Waals surface area (Å²) >= 11 is -1.68. The van der Waals surface area contributed by atoms with Crippen LogP contribution in [-0.2, 0) is 29.3 Å². The van der Waals surface area contributed by atoms with E-state index in [1.54, 1.807) is 25.3 Å². The third kappa shape index (κ3) is 3.61. The van der Waals surface area contributed by atoms with Gasteiger partial charge in [-0.3, -0.25) is 0 Å². The molecule has 0 aromatic rings. The van der Waals surface area contributed by atoms with E-state index in [1.807, 2.05) is 0 Å². The summed E-state index contributed by atoms with van der Waals surface area (Å²) in [5.74, 6) is 0. The monoisotopic (exact) mass is 439 g/mol. The molecular formula is C12H24O3PtSi. The summed E-state index contributed by atoms with van der Waals surface area (Å²) in [7, 11) is 2.55. The van der Waals surface area contributed by atoms with E-state index in [0.717, 1.165) is 12.5 Å². The van der Waals surface area contributed by atoms with Gasteiger partial charge >= 0.3 is 110 Å². The van der Waals surface area contributed by atoms with Gasteiger partial charge in [0.2, 0.25) is 0 Å². The zero-order valence-corrected chi connectivity index (χ0v) is 14.9. The fourth-order valence-electron chi connectivity index (χ4n) is 1.86. The summed E-state index contributed by atoms with van der Waals surface area (Å²) in [6.07, 6.45) is 5.58. The van der Waals surface area contributed by atoms with Crippen molar-refractivity contribution in [2.45, 2.75) is 28.4 Å². The average molecular weight is 439 g/mol. The predicted molar refractivity (Wildman–Crippen MR) is 70.0 cm³/mol. The Labute approximate surface area is 109 Å². The van der Waals surface area contributed by atoms with Crippen molar-refractivity contribution in [3.63, 3.8) is 0 Å². The van der Waals surface area contributed by atoms with Gasteiger partial charge in [-0.2, -0.15) is 0 Å². The van der Waals surface area contributed by atoms with E-state index in [-0.39, 0.29) is 0 Å². The van der Waals surface area contributed by atoms with Crippen molar-refractivity contribution in [3.8, 4) is 0 Å². The first-order valence-corrected chi connectivity index (χ1v) is 15.2. The van der Waals surface area contributed by atoms with E-state index in [1.165, 1.54) is 5.57 Å². The summed E-state index contributed by atoms with van der Waals surface area (Å²) in [4.78, 5) is 0. The van der Waals surface area contributed by atoms with Crippen molar-refractivity contribution in [1.82, 2.24) is 0 Å². The summed E-state index contributed by atoms with van der Waals surface area (Å²) in [6, 6.07) is 0.795. The molecule has 0 aromatic carbocycles. The molecule has 0 saturated carbocycles. The minimum atomic E-state index is -2.48. The minimum absolute atomic E-state index is 0.795. The summed E-state index contributed by atoms with van der Waals surface area (Å²) < 4.78 is 18.2. The first kappa shape index (κ1) is 15.3. The van der Waals surface area contributed by atoms with E-state index in [9.17, 15) is 0 Å². The van der Waals surface area contributed by atoms with Crippen LogP contribution in [0.5, 0.6) is 0 Å². The molecule has 5 heteroatoms. The Hall–Kier alpha value is 0.265. The topological polar surface area (TPSA) is 27.7 Å². The normalized spacial score (nSPS) is 18.0. The molecule has 0 atom stereocenters. The molecule has 0 aliphatic heterocycles. The Bertz CT molecular complexity index is 319. The number of allylic oxidation sites excluding steroid dienone is 4. The van der Waals surface area contributed by atoms with Crippen LogP contribution in [-0.4, -0.2) is 30.1 Å². The average Bonchev–Trinajstić information content (AvgIpc) is 2.73. The molecule has 0 unspecified atom stereocenters. The SMILES string of the molecule is CO[Si](CC1=[C]([Pt]([CH3])([CH3])[CH3])CC=C1)(OC)OC. The van der Waals surface area contributed by atoms with E-state index in [2.05, 4.69) is 28.1 Å². The Morgan fingerprint density at radius 1 is 1.12 bits per heavy atom. The molecule has 3 nitrogen and oxygen atoms in total. The summed E-state index contributed by atoms with van der Waals surface area (Å²) in [5, 5.41) is 7.26. The molecule has 104 valence electrons. The van der Waals surface area contributed by atoms with Gasteiger partial charge in [-0.15, -0.1) is 0 Å². The van der Waals surface area contributed by atoms with Crippen LogP contribution in [0.4, 0.5) is 0 Å². The van der Waals surface area contributed by atoms with Crippen molar-refractivity contribution >= 4 is 8.80 Å². The first-order chi connectivity index (χ1) is 7.88. The zero-order chi connectivity index (χ0) is 13.1. The Morgan fingerprint density at radius 2 is 1.65 bits per heavy atom.